The SMILES string of the molecule is C#CCN(C)C(=O)c1cc(C)c(F)cc1F. The lowest BCUT2D eigenvalue weighted by Crippen LogP contribution is -2.28. The highest BCUT2D eigenvalue weighted by Crippen LogP contribution is 2.15. The molecule has 0 saturated heterocycles. The first kappa shape index (κ1) is 12.2. The van der Waals surface area contributed by atoms with Gasteiger partial charge < -0.3 is 4.90 Å². The third kappa shape index (κ3) is 2.37. The molecule has 2 nitrogen and oxygen atoms in total. The van der Waals surface area contributed by atoms with E-state index < -0.39 is 17.5 Å². The van der Waals surface area contributed by atoms with Crippen molar-refractivity contribution in [2.75, 3.05) is 13.6 Å². The van der Waals surface area contributed by atoms with Gasteiger partial charge in [-0.15, -0.1) is 6.42 Å². The number of halogens is 2. The number of benzene rings is 1. The number of hydrogen-bond donors (Lipinski definition) is 0. The van der Waals surface area contributed by atoms with E-state index in [1.54, 1.807) is 0 Å². The Hall–Kier alpha value is -1.89. The maximum Gasteiger partial charge on any atom is 0.257 e. The van der Waals surface area contributed by atoms with Crippen LogP contribution in [0.2, 0.25) is 0 Å². The number of amides is 1. The summed E-state index contributed by atoms with van der Waals surface area (Å²) in [6.07, 6.45) is 5.04. The van der Waals surface area contributed by atoms with Crippen LogP contribution in [0, 0.1) is 30.9 Å². The fraction of sp³-hybridized carbons (Fsp3) is 0.250. The molecule has 0 saturated carbocycles. The minimum atomic E-state index is -0.878. The summed E-state index contributed by atoms with van der Waals surface area (Å²) in [6.45, 7) is 1.54. The Morgan fingerprint density at radius 2 is 2.06 bits per heavy atom. The Bertz CT molecular complexity index is 463. The lowest BCUT2D eigenvalue weighted by Gasteiger charge is -2.14. The molecule has 0 bridgehead atoms. The minimum absolute atomic E-state index is 0.0781. The molecule has 0 N–H and O–H groups in total. The summed E-state index contributed by atoms with van der Waals surface area (Å²) in [5, 5.41) is 0. The molecule has 0 radical (unpaired) electrons. The monoisotopic (exact) mass is 223 g/mol. The highest BCUT2D eigenvalue weighted by atomic mass is 19.1. The molecule has 1 rings (SSSR count). The van der Waals surface area contributed by atoms with E-state index in [2.05, 4.69) is 5.92 Å². The van der Waals surface area contributed by atoms with Crippen LogP contribution in [-0.2, 0) is 0 Å². The van der Waals surface area contributed by atoms with Gasteiger partial charge in [0.25, 0.3) is 5.91 Å². The van der Waals surface area contributed by atoms with Crippen molar-refractivity contribution in [2.24, 2.45) is 0 Å². The van der Waals surface area contributed by atoms with Crippen molar-refractivity contribution in [1.82, 2.24) is 4.90 Å². The molecule has 0 unspecified atom stereocenters. The lowest BCUT2D eigenvalue weighted by molar-refractivity contribution is 0.0808. The van der Waals surface area contributed by atoms with Gasteiger partial charge in [0.15, 0.2) is 0 Å². The van der Waals surface area contributed by atoms with Crippen molar-refractivity contribution in [3.05, 3.63) is 34.9 Å². The molecule has 0 atom stereocenters. The molecule has 0 spiro atoms. The zero-order valence-corrected chi connectivity index (χ0v) is 9.05. The molecule has 84 valence electrons. The normalized spacial score (nSPS) is 9.69. The van der Waals surface area contributed by atoms with Gasteiger partial charge in [0.2, 0.25) is 0 Å². The first-order valence-corrected chi connectivity index (χ1v) is 4.62. The van der Waals surface area contributed by atoms with Gasteiger partial charge in [-0.3, -0.25) is 4.79 Å². The summed E-state index contributed by atoms with van der Waals surface area (Å²) >= 11 is 0. The second kappa shape index (κ2) is 4.75. The highest BCUT2D eigenvalue weighted by molar-refractivity contribution is 5.94. The second-order valence-corrected chi connectivity index (χ2v) is 3.45. The van der Waals surface area contributed by atoms with Gasteiger partial charge in [0, 0.05) is 13.1 Å². The molecular formula is C12H11F2NO. The zero-order valence-electron chi connectivity index (χ0n) is 9.05. The van der Waals surface area contributed by atoms with E-state index in [9.17, 15) is 13.6 Å². The predicted octanol–water partition coefficient (Wildman–Crippen LogP) is 1.98. The van der Waals surface area contributed by atoms with Crippen LogP contribution in [0.5, 0.6) is 0 Å². The van der Waals surface area contributed by atoms with Crippen molar-refractivity contribution in [3.63, 3.8) is 0 Å². The molecule has 0 heterocycles. The molecule has 4 heteroatoms. The zero-order chi connectivity index (χ0) is 12.3. The lowest BCUT2D eigenvalue weighted by atomic mass is 10.1. The van der Waals surface area contributed by atoms with Gasteiger partial charge in [0.1, 0.15) is 11.6 Å². The van der Waals surface area contributed by atoms with Gasteiger partial charge in [-0.05, 0) is 18.6 Å². The topological polar surface area (TPSA) is 20.3 Å². The molecule has 0 aromatic heterocycles. The minimum Gasteiger partial charge on any atom is -0.330 e. The van der Waals surface area contributed by atoms with Gasteiger partial charge in [-0.2, -0.15) is 0 Å². The first-order chi connectivity index (χ1) is 7.47. The van der Waals surface area contributed by atoms with E-state index in [1.807, 2.05) is 0 Å². The number of nitrogens with zero attached hydrogens (tertiary/aromatic N) is 1. The third-order valence-electron chi connectivity index (χ3n) is 2.15. The predicted molar refractivity (Wildman–Crippen MR) is 56.9 cm³/mol. The molecule has 1 amide bonds. The van der Waals surface area contributed by atoms with Gasteiger partial charge in [-0.1, -0.05) is 5.92 Å². The Morgan fingerprint density at radius 3 is 2.62 bits per heavy atom. The van der Waals surface area contributed by atoms with Gasteiger partial charge in [-0.25, -0.2) is 8.78 Å². The largest absolute Gasteiger partial charge is 0.330 e. The highest BCUT2D eigenvalue weighted by Gasteiger charge is 2.17. The maximum atomic E-state index is 13.3. The van der Waals surface area contributed by atoms with Crippen molar-refractivity contribution < 1.29 is 13.6 Å². The van der Waals surface area contributed by atoms with Gasteiger partial charge >= 0.3 is 0 Å². The van der Waals surface area contributed by atoms with E-state index in [-0.39, 0.29) is 17.7 Å². The van der Waals surface area contributed by atoms with Crippen LogP contribution in [0.4, 0.5) is 8.78 Å². The van der Waals surface area contributed by atoms with Crippen molar-refractivity contribution >= 4 is 5.91 Å². The van der Waals surface area contributed by atoms with Crippen molar-refractivity contribution in [3.8, 4) is 12.3 Å². The van der Waals surface area contributed by atoms with Gasteiger partial charge in [0.05, 0.1) is 12.1 Å². The average molecular weight is 223 g/mol. The Kier molecular flexibility index (Phi) is 3.62. The number of carbonyl (C=O) groups excluding carboxylic acids is 1. The number of hydrogen-bond acceptors (Lipinski definition) is 1. The van der Waals surface area contributed by atoms with E-state index in [4.69, 9.17) is 6.42 Å². The summed E-state index contributed by atoms with van der Waals surface area (Å²) in [5.74, 6) is 0.165. The van der Waals surface area contributed by atoms with Crippen LogP contribution < -0.4 is 0 Å². The molecular weight excluding hydrogens is 212 g/mol. The maximum absolute atomic E-state index is 13.3. The summed E-state index contributed by atoms with van der Waals surface area (Å²) in [4.78, 5) is 12.9. The molecule has 16 heavy (non-hydrogen) atoms. The molecule has 0 aliphatic heterocycles. The summed E-state index contributed by atoms with van der Waals surface area (Å²) in [7, 11) is 1.46. The quantitative estimate of drug-likeness (QED) is 0.702. The fourth-order valence-corrected chi connectivity index (χ4v) is 1.24. The summed E-state index contributed by atoms with van der Waals surface area (Å²) in [5.41, 5.74) is 0.0514. The Morgan fingerprint density at radius 1 is 1.44 bits per heavy atom. The van der Waals surface area contributed by atoms with Crippen molar-refractivity contribution in [1.29, 1.82) is 0 Å². The van der Waals surface area contributed by atoms with E-state index >= 15 is 0 Å². The number of rotatable bonds is 2. The average Bonchev–Trinajstić information content (AvgIpc) is 2.23. The number of aryl methyl sites for hydroxylation is 1. The van der Waals surface area contributed by atoms with E-state index in [0.29, 0.717) is 6.07 Å². The number of terminal acetylenes is 1. The standard InChI is InChI=1S/C12H11F2NO/c1-4-5-15(3)12(16)9-6-8(2)10(13)7-11(9)14/h1,6-7H,5H2,2-3H3. The van der Waals surface area contributed by atoms with Crippen LogP contribution in [-0.4, -0.2) is 24.4 Å². The van der Waals surface area contributed by atoms with Crippen LogP contribution in [0.3, 0.4) is 0 Å². The Labute approximate surface area is 92.9 Å². The Balaban J connectivity index is 3.10. The van der Waals surface area contributed by atoms with E-state index in [0.717, 1.165) is 0 Å². The molecule has 1 aromatic carbocycles. The number of carbonyl (C=O) groups is 1. The molecule has 0 fully saturated rings. The summed E-state index contributed by atoms with van der Waals surface area (Å²) < 4.78 is 26.3. The van der Waals surface area contributed by atoms with E-state index in [1.165, 1.54) is 24.9 Å². The van der Waals surface area contributed by atoms with Crippen LogP contribution in [0.1, 0.15) is 15.9 Å². The molecule has 1 aromatic rings. The van der Waals surface area contributed by atoms with Crippen LogP contribution in [0.15, 0.2) is 12.1 Å². The third-order valence-corrected chi connectivity index (χ3v) is 2.15. The molecule has 0 aliphatic carbocycles. The van der Waals surface area contributed by atoms with Crippen LogP contribution >= 0.6 is 0 Å². The fourth-order valence-electron chi connectivity index (χ4n) is 1.24. The smallest absolute Gasteiger partial charge is 0.257 e. The second-order valence-electron chi connectivity index (χ2n) is 3.45. The van der Waals surface area contributed by atoms with Crippen molar-refractivity contribution in [2.45, 2.75) is 6.92 Å². The first-order valence-electron chi connectivity index (χ1n) is 4.62. The molecule has 0 aliphatic rings. The summed E-state index contributed by atoms with van der Waals surface area (Å²) in [6, 6.07) is 1.88. The van der Waals surface area contributed by atoms with Crippen LogP contribution in [0.25, 0.3) is 0 Å².